The summed E-state index contributed by atoms with van der Waals surface area (Å²) in [5.41, 5.74) is 2.51. The van der Waals surface area contributed by atoms with Crippen molar-refractivity contribution in [1.29, 1.82) is 0 Å². The molecule has 3 heterocycles. The van der Waals surface area contributed by atoms with Gasteiger partial charge in [0.2, 0.25) is 5.89 Å². The van der Waals surface area contributed by atoms with Gasteiger partial charge < -0.3 is 13.8 Å². The van der Waals surface area contributed by atoms with E-state index in [9.17, 15) is 0 Å². The van der Waals surface area contributed by atoms with Crippen LogP contribution in [0.4, 0.5) is 0 Å². The number of nitrogens with zero attached hydrogens (tertiary/aromatic N) is 3. The second-order valence-electron chi connectivity index (χ2n) is 5.85. The largest absolute Gasteiger partial charge is 0.381 e. The summed E-state index contributed by atoms with van der Waals surface area (Å²) >= 11 is 0. The number of rotatable bonds is 4. The molecule has 2 aromatic heterocycles. The van der Waals surface area contributed by atoms with Crippen LogP contribution >= 0.6 is 0 Å². The lowest BCUT2D eigenvalue weighted by Crippen LogP contribution is -2.04. The number of hydrogen-bond acceptors (Lipinski definition) is 4. The molecular formula is C17H19N3O2. The Bertz CT molecular complexity index is 784. The van der Waals surface area contributed by atoms with Crippen LogP contribution in [0, 0.1) is 6.92 Å². The molecule has 0 aliphatic carbocycles. The summed E-state index contributed by atoms with van der Waals surface area (Å²) in [7, 11) is 0. The van der Waals surface area contributed by atoms with Crippen molar-refractivity contribution < 1.29 is 9.26 Å². The lowest BCUT2D eigenvalue weighted by molar-refractivity contribution is 0.192. The van der Waals surface area contributed by atoms with Gasteiger partial charge in [-0.2, -0.15) is 4.98 Å². The van der Waals surface area contributed by atoms with Gasteiger partial charge in [-0.05, 0) is 30.9 Å². The summed E-state index contributed by atoms with van der Waals surface area (Å²) in [6.45, 7) is 4.49. The van der Waals surface area contributed by atoms with E-state index in [0.29, 0.717) is 18.4 Å². The third-order valence-corrected chi connectivity index (χ3v) is 4.35. The van der Waals surface area contributed by atoms with E-state index in [2.05, 4.69) is 52.0 Å². The molecule has 4 rings (SSSR count). The highest BCUT2D eigenvalue weighted by Crippen LogP contribution is 2.23. The maximum Gasteiger partial charge on any atom is 0.228 e. The molecule has 0 saturated carbocycles. The van der Waals surface area contributed by atoms with Crippen molar-refractivity contribution in [3.8, 4) is 0 Å². The second-order valence-corrected chi connectivity index (χ2v) is 5.85. The molecule has 1 atom stereocenters. The van der Waals surface area contributed by atoms with Crippen LogP contribution in [-0.4, -0.2) is 27.9 Å². The van der Waals surface area contributed by atoms with E-state index in [1.165, 1.54) is 16.6 Å². The first-order chi connectivity index (χ1) is 10.8. The Morgan fingerprint density at radius 1 is 1.32 bits per heavy atom. The summed E-state index contributed by atoms with van der Waals surface area (Å²) in [6, 6.07) is 10.6. The van der Waals surface area contributed by atoms with Gasteiger partial charge in [0.15, 0.2) is 5.82 Å². The van der Waals surface area contributed by atoms with Crippen LogP contribution in [0.3, 0.4) is 0 Å². The fourth-order valence-electron chi connectivity index (χ4n) is 3.13. The second kappa shape index (κ2) is 5.57. The van der Waals surface area contributed by atoms with Gasteiger partial charge in [0, 0.05) is 36.7 Å². The van der Waals surface area contributed by atoms with Gasteiger partial charge in [0.25, 0.3) is 0 Å². The summed E-state index contributed by atoms with van der Waals surface area (Å²) < 4.78 is 13.1. The first-order valence-electron chi connectivity index (χ1n) is 7.76. The van der Waals surface area contributed by atoms with Gasteiger partial charge in [-0.1, -0.05) is 23.4 Å². The number of ether oxygens (including phenoxy) is 1. The van der Waals surface area contributed by atoms with Crippen LogP contribution in [0.2, 0.25) is 0 Å². The molecule has 0 radical (unpaired) electrons. The molecule has 0 N–H and O–H groups in total. The fraction of sp³-hybridized carbons (Fsp3) is 0.412. The number of aromatic nitrogens is 3. The lowest BCUT2D eigenvalue weighted by Gasteiger charge is -2.06. The Labute approximate surface area is 128 Å². The molecule has 114 valence electrons. The number of benzene rings is 1. The van der Waals surface area contributed by atoms with E-state index in [1.807, 2.05) is 0 Å². The molecule has 0 unspecified atom stereocenters. The molecule has 5 nitrogen and oxygen atoms in total. The first-order valence-corrected chi connectivity index (χ1v) is 7.76. The van der Waals surface area contributed by atoms with Crippen LogP contribution in [0.5, 0.6) is 0 Å². The predicted molar refractivity (Wildman–Crippen MR) is 82.9 cm³/mol. The lowest BCUT2D eigenvalue weighted by atomic mass is 10.1. The van der Waals surface area contributed by atoms with E-state index < -0.39 is 0 Å². The highest BCUT2D eigenvalue weighted by molar-refractivity contribution is 5.81. The van der Waals surface area contributed by atoms with Crippen molar-refractivity contribution in [3.63, 3.8) is 0 Å². The Balaban J connectivity index is 1.51. The first kappa shape index (κ1) is 13.5. The fourth-order valence-corrected chi connectivity index (χ4v) is 3.13. The molecular weight excluding hydrogens is 278 g/mol. The average Bonchev–Trinajstić information content (AvgIpc) is 3.24. The van der Waals surface area contributed by atoms with Crippen LogP contribution in [0.1, 0.15) is 29.7 Å². The maximum absolute atomic E-state index is 5.40. The van der Waals surface area contributed by atoms with E-state index in [1.54, 1.807) is 0 Å². The van der Waals surface area contributed by atoms with E-state index in [-0.39, 0.29) is 0 Å². The predicted octanol–water partition coefficient (Wildman–Crippen LogP) is 3.08. The zero-order valence-electron chi connectivity index (χ0n) is 12.7. The van der Waals surface area contributed by atoms with E-state index >= 15 is 0 Å². The zero-order chi connectivity index (χ0) is 14.9. The van der Waals surface area contributed by atoms with E-state index in [4.69, 9.17) is 9.26 Å². The van der Waals surface area contributed by atoms with Gasteiger partial charge in [-0.3, -0.25) is 0 Å². The molecule has 3 aromatic rings. The van der Waals surface area contributed by atoms with Crippen molar-refractivity contribution in [1.82, 2.24) is 14.7 Å². The Morgan fingerprint density at radius 2 is 2.23 bits per heavy atom. The standard InChI is InChI=1S/C17H19N3O2/c1-12-10-13-4-2-3-5-15(13)20(12)8-6-16-18-17(19-22-16)14-7-9-21-11-14/h2-5,10,14H,6-9,11H2,1H3/t14-/m0/s1. The van der Waals surface area contributed by atoms with Crippen molar-refractivity contribution in [2.45, 2.75) is 32.2 Å². The third kappa shape index (κ3) is 2.41. The highest BCUT2D eigenvalue weighted by atomic mass is 16.5. The van der Waals surface area contributed by atoms with Crippen molar-refractivity contribution in [2.24, 2.45) is 0 Å². The van der Waals surface area contributed by atoms with Crippen molar-refractivity contribution in [2.75, 3.05) is 13.2 Å². The number of hydrogen-bond donors (Lipinski definition) is 0. The topological polar surface area (TPSA) is 53.1 Å². The molecule has 1 aromatic carbocycles. The highest BCUT2D eigenvalue weighted by Gasteiger charge is 2.23. The number of fused-ring (bicyclic) bond motifs is 1. The molecule has 1 saturated heterocycles. The Hall–Kier alpha value is -2.14. The summed E-state index contributed by atoms with van der Waals surface area (Å²) in [6.07, 6.45) is 1.74. The monoisotopic (exact) mass is 297 g/mol. The zero-order valence-corrected chi connectivity index (χ0v) is 12.7. The molecule has 1 aliphatic heterocycles. The molecule has 0 spiro atoms. The molecule has 5 heteroatoms. The number of para-hydroxylation sites is 1. The summed E-state index contributed by atoms with van der Waals surface area (Å²) in [4.78, 5) is 4.53. The molecule has 0 amide bonds. The molecule has 22 heavy (non-hydrogen) atoms. The smallest absolute Gasteiger partial charge is 0.228 e. The normalized spacial score (nSPS) is 18.3. The maximum atomic E-state index is 5.40. The number of aryl methyl sites for hydroxylation is 3. The SMILES string of the molecule is Cc1cc2ccccc2n1CCc1nc([C@H]2CCOC2)no1. The summed E-state index contributed by atoms with van der Waals surface area (Å²) in [5, 5.41) is 5.38. The quantitative estimate of drug-likeness (QED) is 0.742. The van der Waals surface area contributed by atoms with Gasteiger partial charge in [-0.15, -0.1) is 0 Å². The van der Waals surface area contributed by atoms with Gasteiger partial charge in [0.1, 0.15) is 0 Å². The van der Waals surface area contributed by atoms with E-state index in [0.717, 1.165) is 31.8 Å². The summed E-state index contributed by atoms with van der Waals surface area (Å²) in [5.74, 6) is 1.80. The van der Waals surface area contributed by atoms with Crippen LogP contribution in [-0.2, 0) is 17.7 Å². The molecule has 1 fully saturated rings. The van der Waals surface area contributed by atoms with Crippen molar-refractivity contribution >= 4 is 10.9 Å². The minimum Gasteiger partial charge on any atom is -0.381 e. The molecule has 0 bridgehead atoms. The van der Waals surface area contributed by atoms with Crippen LogP contribution in [0.15, 0.2) is 34.9 Å². The van der Waals surface area contributed by atoms with Crippen molar-refractivity contribution in [3.05, 3.63) is 47.7 Å². The van der Waals surface area contributed by atoms with Crippen LogP contribution in [0.25, 0.3) is 10.9 Å². The Morgan fingerprint density at radius 3 is 3.09 bits per heavy atom. The van der Waals surface area contributed by atoms with Gasteiger partial charge in [-0.25, -0.2) is 0 Å². The van der Waals surface area contributed by atoms with Crippen LogP contribution < -0.4 is 0 Å². The molecule has 1 aliphatic rings. The Kier molecular flexibility index (Phi) is 3.42. The van der Waals surface area contributed by atoms with Gasteiger partial charge in [0.05, 0.1) is 6.61 Å². The minimum absolute atomic E-state index is 0.298. The minimum atomic E-state index is 0.298. The van der Waals surface area contributed by atoms with Gasteiger partial charge >= 0.3 is 0 Å². The average molecular weight is 297 g/mol. The third-order valence-electron chi connectivity index (χ3n) is 4.35.